The summed E-state index contributed by atoms with van der Waals surface area (Å²) >= 11 is 1.20. The Morgan fingerprint density at radius 1 is 1.47 bits per heavy atom. The molecule has 106 valence electrons. The normalized spacial score (nSPS) is 26.2. The van der Waals surface area contributed by atoms with Crippen LogP contribution in [0, 0.1) is 5.92 Å². The van der Waals surface area contributed by atoms with Crippen LogP contribution < -0.4 is 10.6 Å². The minimum atomic E-state index is -0.856. The van der Waals surface area contributed by atoms with Crippen LogP contribution in [0.15, 0.2) is 16.0 Å². The average molecular weight is 283 g/mol. The van der Waals surface area contributed by atoms with E-state index in [9.17, 15) is 9.90 Å². The van der Waals surface area contributed by atoms with Gasteiger partial charge in [0, 0.05) is 0 Å². The number of nitrogens with zero attached hydrogens (tertiary/aromatic N) is 1. The van der Waals surface area contributed by atoms with Gasteiger partial charge in [0.05, 0.1) is 17.1 Å². The van der Waals surface area contributed by atoms with Gasteiger partial charge in [0.1, 0.15) is 5.84 Å². The molecule has 0 aliphatic carbocycles. The number of carbonyl (C=O) groups excluding carboxylic acids is 1. The van der Waals surface area contributed by atoms with Crippen LogP contribution in [-0.2, 0) is 0 Å². The van der Waals surface area contributed by atoms with Gasteiger partial charge in [0.15, 0.2) is 0 Å². The highest BCUT2D eigenvalue weighted by Crippen LogP contribution is 2.28. The lowest BCUT2D eigenvalue weighted by molar-refractivity contribution is 0.0904. The Labute approximate surface area is 117 Å². The van der Waals surface area contributed by atoms with Crippen molar-refractivity contribution in [3.63, 3.8) is 0 Å². The van der Waals surface area contributed by atoms with Gasteiger partial charge in [-0.05, 0) is 57.5 Å². The number of allylic oxidation sites excluding steroid dienone is 1. The molecule has 1 amide bonds. The number of piperidine rings is 1. The topological polar surface area (TPSA) is 73.7 Å². The van der Waals surface area contributed by atoms with Gasteiger partial charge in [0.25, 0.3) is 5.24 Å². The number of thioether (sulfide) groups is 1. The summed E-state index contributed by atoms with van der Waals surface area (Å²) in [7, 11) is 0. The van der Waals surface area contributed by atoms with Gasteiger partial charge in [-0.1, -0.05) is 6.08 Å². The number of rotatable bonds is 3. The highest BCUT2D eigenvalue weighted by Gasteiger charge is 2.25. The van der Waals surface area contributed by atoms with Crippen LogP contribution in [0.4, 0.5) is 4.79 Å². The molecular formula is C13H21N3O2S. The first-order valence-electron chi connectivity index (χ1n) is 6.62. The van der Waals surface area contributed by atoms with Crippen LogP contribution in [0.1, 0.15) is 26.7 Å². The van der Waals surface area contributed by atoms with Gasteiger partial charge in [0.2, 0.25) is 0 Å². The van der Waals surface area contributed by atoms with Crippen molar-refractivity contribution < 1.29 is 9.90 Å². The van der Waals surface area contributed by atoms with Crippen molar-refractivity contribution in [2.24, 2.45) is 10.9 Å². The molecule has 0 aromatic carbocycles. The summed E-state index contributed by atoms with van der Waals surface area (Å²) in [5.74, 6) is 1.11. The van der Waals surface area contributed by atoms with Crippen molar-refractivity contribution in [3.8, 4) is 0 Å². The molecule has 0 bridgehead atoms. The van der Waals surface area contributed by atoms with Crippen molar-refractivity contribution >= 4 is 22.8 Å². The summed E-state index contributed by atoms with van der Waals surface area (Å²) in [5.41, 5.74) is -0.856. The molecule has 2 aliphatic rings. The van der Waals surface area contributed by atoms with Crippen molar-refractivity contribution in [3.05, 3.63) is 11.0 Å². The van der Waals surface area contributed by atoms with E-state index >= 15 is 0 Å². The second-order valence-electron chi connectivity index (χ2n) is 5.61. The molecule has 0 aromatic rings. The molecule has 19 heavy (non-hydrogen) atoms. The summed E-state index contributed by atoms with van der Waals surface area (Å²) in [4.78, 5) is 16.7. The average Bonchev–Trinajstić information content (AvgIpc) is 2.67. The molecule has 2 saturated heterocycles. The number of hydrogen-bond acceptors (Lipinski definition) is 5. The third-order valence-corrected chi connectivity index (χ3v) is 3.89. The summed E-state index contributed by atoms with van der Waals surface area (Å²) in [5, 5.41) is 15.7. The minimum Gasteiger partial charge on any atom is -0.389 e. The predicted molar refractivity (Wildman–Crippen MR) is 78.4 cm³/mol. The van der Waals surface area contributed by atoms with Gasteiger partial charge in [-0.25, -0.2) is 0 Å². The van der Waals surface area contributed by atoms with Crippen molar-refractivity contribution in [1.82, 2.24) is 10.6 Å². The smallest absolute Gasteiger partial charge is 0.289 e. The van der Waals surface area contributed by atoms with Gasteiger partial charge < -0.3 is 15.7 Å². The fraction of sp³-hybridized carbons (Fsp3) is 0.692. The molecule has 0 unspecified atom stereocenters. The van der Waals surface area contributed by atoms with Gasteiger partial charge >= 0.3 is 0 Å². The zero-order valence-corrected chi connectivity index (χ0v) is 12.2. The first-order chi connectivity index (χ1) is 8.94. The number of aliphatic imine (C=N–C) groups is 1. The van der Waals surface area contributed by atoms with Crippen LogP contribution in [-0.4, -0.2) is 41.4 Å². The molecule has 0 atom stereocenters. The molecule has 0 saturated carbocycles. The Hall–Kier alpha value is -0.850. The maximum atomic E-state index is 11.5. The molecule has 2 heterocycles. The summed E-state index contributed by atoms with van der Waals surface area (Å²) in [6, 6.07) is 0. The maximum absolute atomic E-state index is 11.5. The van der Waals surface area contributed by atoms with Crippen LogP contribution in [0.25, 0.3) is 0 Å². The molecule has 5 nitrogen and oxygen atoms in total. The van der Waals surface area contributed by atoms with Crippen molar-refractivity contribution in [1.29, 1.82) is 0 Å². The monoisotopic (exact) mass is 283 g/mol. The van der Waals surface area contributed by atoms with E-state index in [0.717, 1.165) is 30.8 Å². The number of hydrogen-bond donors (Lipinski definition) is 3. The lowest BCUT2D eigenvalue weighted by atomic mass is 9.97. The Morgan fingerprint density at radius 2 is 2.16 bits per heavy atom. The maximum Gasteiger partial charge on any atom is 0.289 e. The van der Waals surface area contributed by atoms with E-state index < -0.39 is 5.60 Å². The van der Waals surface area contributed by atoms with Gasteiger partial charge in [-0.15, -0.1) is 0 Å². The first-order valence-corrected chi connectivity index (χ1v) is 7.44. The van der Waals surface area contributed by atoms with E-state index in [4.69, 9.17) is 0 Å². The van der Waals surface area contributed by atoms with E-state index in [1.54, 1.807) is 13.8 Å². The molecule has 2 aliphatic heterocycles. The van der Waals surface area contributed by atoms with Crippen LogP contribution >= 0.6 is 11.8 Å². The van der Waals surface area contributed by atoms with E-state index in [-0.39, 0.29) is 11.8 Å². The Balaban J connectivity index is 2.08. The molecule has 2 fully saturated rings. The molecule has 0 aromatic heterocycles. The highest BCUT2D eigenvalue weighted by molar-refractivity contribution is 8.18. The van der Waals surface area contributed by atoms with E-state index in [1.807, 2.05) is 0 Å². The molecule has 0 radical (unpaired) electrons. The second-order valence-corrected chi connectivity index (χ2v) is 6.62. The third-order valence-electron chi connectivity index (χ3n) is 3.05. The number of amides is 1. The SMILES string of the molecule is CC(C)(O)CN=C1NC(=O)SC1=CC1CCNCC1. The second kappa shape index (κ2) is 6.07. The number of nitrogens with one attached hydrogen (secondary N) is 2. The largest absolute Gasteiger partial charge is 0.389 e. The zero-order valence-electron chi connectivity index (χ0n) is 11.4. The van der Waals surface area contributed by atoms with Gasteiger partial charge in [-0.3, -0.25) is 9.79 Å². The molecule has 3 N–H and O–H groups in total. The Morgan fingerprint density at radius 3 is 2.79 bits per heavy atom. The van der Waals surface area contributed by atoms with Crippen molar-refractivity contribution in [2.45, 2.75) is 32.3 Å². The van der Waals surface area contributed by atoms with E-state index in [0.29, 0.717) is 11.8 Å². The molecule has 0 spiro atoms. The molecule has 2 rings (SSSR count). The van der Waals surface area contributed by atoms with Gasteiger partial charge in [-0.2, -0.15) is 0 Å². The van der Waals surface area contributed by atoms with Crippen LogP contribution in [0.3, 0.4) is 0 Å². The fourth-order valence-corrected chi connectivity index (χ4v) is 2.88. The van der Waals surface area contributed by atoms with Crippen molar-refractivity contribution in [2.75, 3.05) is 19.6 Å². The standard InChI is InChI=1S/C13H21N3O2S/c1-13(2,18)8-15-11-10(19-12(17)16-11)7-9-3-5-14-6-4-9/h7,9,14,18H,3-6,8H2,1-2H3,(H,15,16,17). The third kappa shape index (κ3) is 4.63. The van der Waals surface area contributed by atoms with Crippen LogP contribution in [0.2, 0.25) is 0 Å². The minimum absolute atomic E-state index is 0.0883. The Bertz CT molecular complexity index is 407. The summed E-state index contributed by atoms with van der Waals surface area (Å²) < 4.78 is 0. The zero-order chi connectivity index (χ0) is 13.9. The van der Waals surface area contributed by atoms with E-state index in [2.05, 4.69) is 21.7 Å². The van der Waals surface area contributed by atoms with E-state index in [1.165, 1.54) is 11.8 Å². The first kappa shape index (κ1) is 14.6. The lowest BCUT2D eigenvalue weighted by Crippen LogP contribution is -2.28. The molecular weight excluding hydrogens is 262 g/mol. The molecule has 6 heteroatoms. The quantitative estimate of drug-likeness (QED) is 0.734. The highest BCUT2D eigenvalue weighted by atomic mass is 32.2. The summed E-state index contributed by atoms with van der Waals surface area (Å²) in [6.45, 7) is 5.74. The summed E-state index contributed by atoms with van der Waals surface area (Å²) in [6.07, 6.45) is 4.33. The van der Waals surface area contributed by atoms with Crippen LogP contribution in [0.5, 0.6) is 0 Å². The lowest BCUT2D eigenvalue weighted by Gasteiger charge is -2.20. The predicted octanol–water partition coefficient (Wildman–Crippen LogP) is 1.50. The number of amidine groups is 1. The Kier molecular flexibility index (Phi) is 4.65. The number of aliphatic hydroxyl groups is 1. The fourth-order valence-electron chi connectivity index (χ4n) is 2.06. The number of carbonyl (C=O) groups is 1.